The molecule has 0 saturated heterocycles. The van der Waals surface area contributed by atoms with Crippen molar-refractivity contribution in [2.24, 2.45) is 0 Å². The van der Waals surface area contributed by atoms with Gasteiger partial charge in [-0.1, -0.05) is 0 Å². The Morgan fingerprint density at radius 2 is 2.11 bits per heavy atom. The Morgan fingerprint density at radius 3 is 2.78 bits per heavy atom. The van der Waals surface area contributed by atoms with Crippen molar-refractivity contribution in [3.8, 4) is 0 Å². The SMILES string of the molecule is O=[N+]([O-])c1cnccc1Nc1ccc(I)cc1F. The maximum absolute atomic E-state index is 13.6. The molecule has 0 radical (unpaired) electrons. The van der Waals surface area contributed by atoms with E-state index in [1.165, 1.54) is 24.4 Å². The monoisotopic (exact) mass is 359 g/mol. The zero-order chi connectivity index (χ0) is 13.1. The van der Waals surface area contributed by atoms with Crippen LogP contribution in [0.4, 0.5) is 21.5 Å². The molecule has 1 heterocycles. The van der Waals surface area contributed by atoms with Crippen LogP contribution in [0.1, 0.15) is 0 Å². The highest BCUT2D eigenvalue weighted by Gasteiger charge is 2.14. The lowest BCUT2D eigenvalue weighted by molar-refractivity contribution is -0.384. The highest BCUT2D eigenvalue weighted by atomic mass is 127. The second kappa shape index (κ2) is 5.25. The molecule has 0 atom stereocenters. The van der Waals surface area contributed by atoms with E-state index in [1.807, 2.05) is 22.6 Å². The first kappa shape index (κ1) is 12.7. The molecule has 1 N–H and O–H groups in total. The molecule has 18 heavy (non-hydrogen) atoms. The van der Waals surface area contributed by atoms with E-state index in [-0.39, 0.29) is 17.1 Å². The van der Waals surface area contributed by atoms with E-state index >= 15 is 0 Å². The Bertz CT molecular complexity index is 607. The van der Waals surface area contributed by atoms with Crippen LogP contribution in [0.25, 0.3) is 0 Å². The number of nitrogens with zero attached hydrogens (tertiary/aromatic N) is 2. The number of hydrogen-bond acceptors (Lipinski definition) is 4. The van der Waals surface area contributed by atoms with Gasteiger partial charge in [-0.05, 0) is 46.9 Å². The van der Waals surface area contributed by atoms with Crippen molar-refractivity contribution in [3.63, 3.8) is 0 Å². The molecule has 0 saturated carbocycles. The molecule has 7 heteroatoms. The van der Waals surface area contributed by atoms with E-state index in [9.17, 15) is 14.5 Å². The lowest BCUT2D eigenvalue weighted by Gasteiger charge is -2.07. The van der Waals surface area contributed by atoms with Crippen LogP contribution >= 0.6 is 22.6 Å². The van der Waals surface area contributed by atoms with Crippen LogP contribution in [0, 0.1) is 19.5 Å². The van der Waals surface area contributed by atoms with E-state index in [0.717, 1.165) is 9.77 Å². The number of nitro groups is 1. The summed E-state index contributed by atoms with van der Waals surface area (Å²) in [5, 5.41) is 13.5. The van der Waals surface area contributed by atoms with E-state index in [4.69, 9.17) is 0 Å². The van der Waals surface area contributed by atoms with Gasteiger partial charge >= 0.3 is 5.69 Å². The molecule has 2 rings (SSSR count). The number of aromatic nitrogens is 1. The minimum atomic E-state index is -0.570. The molecule has 0 fully saturated rings. The Morgan fingerprint density at radius 1 is 1.33 bits per heavy atom. The van der Waals surface area contributed by atoms with Gasteiger partial charge < -0.3 is 5.32 Å². The zero-order valence-corrected chi connectivity index (χ0v) is 11.1. The van der Waals surface area contributed by atoms with Gasteiger partial charge in [0.1, 0.15) is 17.7 Å². The first-order valence-corrected chi connectivity index (χ1v) is 5.96. The Kier molecular flexibility index (Phi) is 3.70. The molecule has 0 aliphatic heterocycles. The maximum Gasteiger partial charge on any atom is 0.310 e. The quantitative estimate of drug-likeness (QED) is 0.518. The number of halogens is 2. The number of anilines is 2. The fourth-order valence-corrected chi connectivity index (χ4v) is 1.83. The Balaban J connectivity index is 2.37. The lowest BCUT2D eigenvalue weighted by Crippen LogP contribution is -1.99. The number of rotatable bonds is 3. The summed E-state index contributed by atoms with van der Waals surface area (Å²) in [7, 11) is 0. The van der Waals surface area contributed by atoms with Gasteiger partial charge in [0.15, 0.2) is 0 Å². The van der Waals surface area contributed by atoms with Gasteiger partial charge in [0.05, 0.1) is 10.6 Å². The fraction of sp³-hybridized carbons (Fsp3) is 0. The van der Waals surface area contributed by atoms with Crippen LogP contribution in [0.15, 0.2) is 36.7 Å². The fourth-order valence-electron chi connectivity index (χ4n) is 1.37. The van der Waals surface area contributed by atoms with Crippen molar-refractivity contribution in [3.05, 3.63) is 56.2 Å². The standard InChI is InChI=1S/C11H7FIN3O2/c12-8-5-7(13)1-2-9(8)15-10-3-4-14-6-11(10)16(17)18/h1-6H,(H,14,15). The summed E-state index contributed by atoms with van der Waals surface area (Å²) in [5.41, 5.74) is 0.190. The maximum atomic E-state index is 13.6. The second-order valence-corrected chi connectivity index (χ2v) is 4.64. The molecule has 5 nitrogen and oxygen atoms in total. The van der Waals surface area contributed by atoms with Crippen LogP contribution in [0.2, 0.25) is 0 Å². The molecule has 0 bridgehead atoms. The first-order valence-electron chi connectivity index (χ1n) is 4.88. The second-order valence-electron chi connectivity index (χ2n) is 3.40. The van der Waals surface area contributed by atoms with Crippen molar-refractivity contribution >= 4 is 39.7 Å². The third-order valence-corrected chi connectivity index (χ3v) is 2.87. The van der Waals surface area contributed by atoms with Crippen LogP contribution in [0.3, 0.4) is 0 Å². The van der Waals surface area contributed by atoms with Gasteiger partial charge in [0.2, 0.25) is 0 Å². The van der Waals surface area contributed by atoms with Gasteiger partial charge in [-0.3, -0.25) is 15.1 Å². The van der Waals surface area contributed by atoms with Crippen LogP contribution in [0.5, 0.6) is 0 Å². The zero-order valence-electron chi connectivity index (χ0n) is 8.93. The summed E-state index contributed by atoms with van der Waals surface area (Å²) < 4.78 is 14.4. The molecule has 0 spiro atoms. The summed E-state index contributed by atoms with van der Waals surface area (Å²) in [6, 6.07) is 6.01. The molecule has 2 aromatic rings. The largest absolute Gasteiger partial charge is 0.347 e. The Hall–Kier alpha value is -1.77. The normalized spacial score (nSPS) is 10.1. The molecular weight excluding hydrogens is 352 g/mol. The number of benzene rings is 1. The number of pyridine rings is 1. The molecule has 1 aromatic carbocycles. The molecule has 1 aromatic heterocycles. The third kappa shape index (κ3) is 2.73. The summed E-state index contributed by atoms with van der Waals surface area (Å²) in [4.78, 5) is 13.9. The molecule has 0 unspecified atom stereocenters. The molecule has 92 valence electrons. The van der Waals surface area contributed by atoms with E-state index in [1.54, 1.807) is 6.07 Å². The first-order chi connectivity index (χ1) is 8.58. The van der Waals surface area contributed by atoms with E-state index in [2.05, 4.69) is 10.3 Å². The summed E-state index contributed by atoms with van der Waals surface area (Å²) in [5.74, 6) is -0.465. The van der Waals surface area contributed by atoms with Crippen molar-refractivity contribution in [1.29, 1.82) is 0 Å². The number of hydrogen-bond donors (Lipinski definition) is 1. The van der Waals surface area contributed by atoms with Crippen LogP contribution in [-0.2, 0) is 0 Å². The smallest absolute Gasteiger partial charge is 0.310 e. The average Bonchev–Trinajstić information content (AvgIpc) is 2.33. The summed E-state index contributed by atoms with van der Waals surface area (Å²) in [6.45, 7) is 0. The molecular formula is C11H7FIN3O2. The van der Waals surface area contributed by atoms with Crippen molar-refractivity contribution in [1.82, 2.24) is 4.98 Å². The third-order valence-electron chi connectivity index (χ3n) is 2.20. The topological polar surface area (TPSA) is 68.1 Å². The van der Waals surface area contributed by atoms with Gasteiger partial charge in [-0.15, -0.1) is 0 Å². The van der Waals surface area contributed by atoms with Crippen molar-refractivity contribution < 1.29 is 9.31 Å². The van der Waals surface area contributed by atoms with Crippen LogP contribution < -0.4 is 5.32 Å². The molecule has 0 aliphatic carbocycles. The van der Waals surface area contributed by atoms with Gasteiger partial charge in [0.25, 0.3) is 0 Å². The number of nitrogens with one attached hydrogen (secondary N) is 1. The predicted molar refractivity (Wildman–Crippen MR) is 73.3 cm³/mol. The molecule has 0 aliphatic rings. The van der Waals surface area contributed by atoms with E-state index in [0.29, 0.717) is 0 Å². The Labute approximate surface area is 115 Å². The van der Waals surface area contributed by atoms with Crippen molar-refractivity contribution in [2.45, 2.75) is 0 Å². The highest BCUT2D eigenvalue weighted by Crippen LogP contribution is 2.27. The lowest BCUT2D eigenvalue weighted by atomic mass is 10.2. The minimum absolute atomic E-state index is 0.185. The predicted octanol–water partition coefficient (Wildman–Crippen LogP) is 3.48. The van der Waals surface area contributed by atoms with Crippen LogP contribution in [-0.4, -0.2) is 9.91 Å². The average molecular weight is 359 g/mol. The highest BCUT2D eigenvalue weighted by molar-refractivity contribution is 14.1. The van der Waals surface area contributed by atoms with E-state index < -0.39 is 10.7 Å². The van der Waals surface area contributed by atoms with Gasteiger partial charge in [0, 0.05) is 9.77 Å². The summed E-state index contributed by atoms with van der Waals surface area (Å²) >= 11 is 1.98. The van der Waals surface area contributed by atoms with Gasteiger partial charge in [-0.2, -0.15) is 0 Å². The summed E-state index contributed by atoms with van der Waals surface area (Å²) in [6.07, 6.45) is 2.52. The van der Waals surface area contributed by atoms with Crippen molar-refractivity contribution in [2.75, 3.05) is 5.32 Å². The van der Waals surface area contributed by atoms with Gasteiger partial charge in [-0.25, -0.2) is 4.39 Å². The molecule has 0 amide bonds. The minimum Gasteiger partial charge on any atom is -0.347 e.